The van der Waals surface area contributed by atoms with Crippen LogP contribution in [0.2, 0.25) is 5.15 Å². The fourth-order valence-corrected chi connectivity index (χ4v) is 6.24. The third-order valence-electron chi connectivity index (χ3n) is 7.00. The number of aliphatic hydroxyl groups is 3. The van der Waals surface area contributed by atoms with E-state index in [1.165, 1.54) is 11.3 Å². The first-order valence-corrected chi connectivity index (χ1v) is 13.2. The smallest absolute Gasteiger partial charge is 0.226 e. The van der Waals surface area contributed by atoms with Crippen LogP contribution >= 0.6 is 22.9 Å². The molecule has 5 N–H and O–H groups in total. The summed E-state index contributed by atoms with van der Waals surface area (Å²) in [6, 6.07) is 7.29. The number of fused-ring (bicyclic) bond motifs is 1. The monoisotopic (exact) mass is 532 g/mol. The maximum absolute atomic E-state index is 11.6. The maximum atomic E-state index is 11.6. The molecule has 0 bridgehead atoms. The van der Waals surface area contributed by atoms with Crippen LogP contribution in [0.4, 0.5) is 11.8 Å². The molecule has 1 aromatic carbocycles. The highest BCUT2D eigenvalue weighted by Crippen LogP contribution is 2.40. The summed E-state index contributed by atoms with van der Waals surface area (Å²) in [5.74, 6) is 0.357. The molecule has 1 amide bonds. The minimum atomic E-state index is -1.08. The Morgan fingerprint density at radius 2 is 1.89 bits per heavy atom. The molecule has 1 saturated carbocycles. The van der Waals surface area contributed by atoms with E-state index in [0.717, 1.165) is 23.1 Å². The number of aromatic nitrogens is 3. The van der Waals surface area contributed by atoms with Crippen molar-refractivity contribution in [2.24, 2.45) is 5.92 Å². The lowest BCUT2D eigenvalue weighted by molar-refractivity contribution is -0.129. The Morgan fingerprint density at radius 3 is 2.56 bits per heavy atom. The Hall–Kier alpha value is -2.57. The molecule has 2 fully saturated rings. The molecule has 1 aliphatic carbocycles. The van der Waals surface area contributed by atoms with Gasteiger partial charge < -0.3 is 30.9 Å². The number of likely N-dealkylation sites (tertiary alicyclic amines) is 1. The Labute approximate surface area is 217 Å². The first kappa shape index (κ1) is 25.1. The van der Waals surface area contributed by atoms with Crippen molar-refractivity contribution in [2.45, 2.75) is 50.5 Å². The topological polar surface area (TPSA) is 144 Å². The van der Waals surface area contributed by atoms with Gasteiger partial charge in [-0.2, -0.15) is 4.98 Å². The van der Waals surface area contributed by atoms with Gasteiger partial charge in [0.05, 0.1) is 27.9 Å². The zero-order chi connectivity index (χ0) is 25.4. The Balaban J connectivity index is 1.47. The zero-order valence-electron chi connectivity index (χ0n) is 19.8. The number of halogens is 1. The van der Waals surface area contributed by atoms with Crippen LogP contribution in [-0.2, 0) is 4.79 Å². The number of rotatable bonds is 6. The number of hydrogen-bond acceptors (Lipinski definition) is 10. The highest BCUT2D eigenvalue weighted by Gasteiger charge is 2.41. The molecular weight excluding hydrogens is 504 g/mol. The molecule has 0 spiro atoms. The van der Waals surface area contributed by atoms with Gasteiger partial charge in [0.1, 0.15) is 22.1 Å². The quantitative estimate of drug-likeness (QED) is 0.302. The predicted molar refractivity (Wildman–Crippen MR) is 139 cm³/mol. The van der Waals surface area contributed by atoms with Crippen LogP contribution in [-0.4, -0.2) is 85.1 Å². The van der Waals surface area contributed by atoms with Crippen molar-refractivity contribution in [1.82, 2.24) is 19.9 Å². The summed E-state index contributed by atoms with van der Waals surface area (Å²) in [5, 5.41) is 37.9. The van der Waals surface area contributed by atoms with Crippen LogP contribution in [0.5, 0.6) is 0 Å². The van der Waals surface area contributed by atoms with Crippen LogP contribution in [0.15, 0.2) is 24.3 Å². The standard InChI is InChI=1S/C24H29ClN6O4S/c1-12(33)31-8-6-14(7-9-31)26-24-29-21(25)18(23-28-15-4-2-3-5-17(15)36-23)22(30-24)27-16-10-13(11-32)19(34)20(16)35/h2-5,13-14,16,19-20,32,34-35H,6-11H2,1H3,(H2,26,27,29,30)/t13-,16-,19-,20+/m1/s1. The summed E-state index contributed by atoms with van der Waals surface area (Å²) in [5.41, 5.74) is 1.35. The fourth-order valence-electron chi connectivity index (χ4n) is 4.92. The minimum Gasteiger partial charge on any atom is -0.396 e. The molecule has 1 saturated heterocycles. The van der Waals surface area contributed by atoms with E-state index < -0.39 is 24.2 Å². The molecule has 0 radical (unpaired) electrons. The second-order valence-electron chi connectivity index (χ2n) is 9.38. The van der Waals surface area contributed by atoms with E-state index in [0.29, 0.717) is 41.8 Å². The number of nitrogens with one attached hydrogen (secondary N) is 2. The Kier molecular flexibility index (Phi) is 7.27. The normalized spacial score (nSPS) is 24.9. The number of para-hydroxylation sites is 1. The van der Waals surface area contributed by atoms with E-state index in [9.17, 15) is 20.1 Å². The zero-order valence-corrected chi connectivity index (χ0v) is 21.3. The average Bonchev–Trinajstić information content (AvgIpc) is 3.40. The molecule has 10 nitrogen and oxygen atoms in total. The van der Waals surface area contributed by atoms with Crippen LogP contribution in [0.3, 0.4) is 0 Å². The summed E-state index contributed by atoms with van der Waals surface area (Å²) in [6.45, 7) is 2.66. The molecular formula is C24H29ClN6O4S. The third kappa shape index (κ3) is 4.98. The maximum Gasteiger partial charge on any atom is 0.226 e. The van der Waals surface area contributed by atoms with E-state index >= 15 is 0 Å². The van der Waals surface area contributed by atoms with Crippen molar-refractivity contribution in [3.63, 3.8) is 0 Å². The lowest BCUT2D eigenvalue weighted by atomic mass is 10.1. The Morgan fingerprint density at radius 1 is 1.14 bits per heavy atom. The number of thiazole rings is 1. The first-order valence-electron chi connectivity index (χ1n) is 12.0. The van der Waals surface area contributed by atoms with Gasteiger partial charge in [-0.15, -0.1) is 11.3 Å². The summed E-state index contributed by atoms with van der Waals surface area (Å²) in [6.07, 6.45) is -0.235. The van der Waals surface area contributed by atoms with Gasteiger partial charge in [-0.25, -0.2) is 9.97 Å². The fraction of sp³-hybridized carbons (Fsp3) is 0.500. The van der Waals surface area contributed by atoms with Crippen LogP contribution in [0, 0.1) is 5.92 Å². The number of piperidine rings is 1. The second-order valence-corrected chi connectivity index (χ2v) is 10.8. The first-order chi connectivity index (χ1) is 17.3. The van der Waals surface area contributed by atoms with E-state index in [2.05, 4.69) is 15.6 Å². The largest absolute Gasteiger partial charge is 0.396 e. The van der Waals surface area contributed by atoms with E-state index in [4.69, 9.17) is 21.6 Å². The van der Waals surface area contributed by atoms with Crippen molar-refractivity contribution >= 4 is 50.8 Å². The van der Waals surface area contributed by atoms with Gasteiger partial charge >= 0.3 is 0 Å². The molecule has 192 valence electrons. The van der Waals surface area contributed by atoms with Crippen molar-refractivity contribution in [2.75, 3.05) is 30.3 Å². The molecule has 2 aromatic heterocycles. The minimum absolute atomic E-state index is 0.0675. The van der Waals surface area contributed by atoms with Gasteiger partial charge in [-0.3, -0.25) is 4.79 Å². The number of carbonyl (C=O) groups excluding carboxylic acids is 1. The highest BCUT2D eigenvalue weighted by molar-refractivity contribution is 7.21. The molecule has 2 aliphatic rings. The predicted octanol–water partition coefficient (Wildman–Crippen LogP) is 2.34. The number of benzene rings is 1. The second kappa shape index (κ2) is 10.4. The van der Waals surface area contributed by atoms with Gasteiger partial charge in [0.25, 0.3) is 0 Å². The van der Waals surface area contributed by atoms with Crippen molar-refractivity contribution in [1.29, 1.82) is 0 Å². The number of anilines is 2. The highest BCUT2D eigenvalue weighted by atomic mass is 35.5. The number of nitrogens with zero attached hydrogens (tertiary/aromatic N) is 4. The van der Waals surface area contributed by atoms with Gasteiger partial charge in [0, 0.05) is 38.6 Å². The number of carbonyl (C=O) groups is 1. The molecule has 3 aromatic rings. The molecule has 3 heterocycles. The molecule has 0 unspecified atom stereocenters. The van der Waals surface area contributed by atoms with Crippen LogP contribution in [0.1, 0.15) is 26.2 Å². The van der Waals surface area contributed by atoms with E-state index in [-0.39, 0.29) is 23.7 Å². The number of aliphatic hydroxyl groups excluding tert-OH is 3. The number of amides is 1. The third-order valence-corrected chi connectivity index (χ3v) is 8.33. The molecule has 5 rings (SSSR count). The van der Waals surface area contributed by atoms with Crippen LogP contribution < -0.4 is 10.6 Å². The van der Waals surface area contributed by atoms with Gasteiger partial charge in [-0.1, -0.05) is 23.7 Å². The molecule has 12 heteroatoms. The van der Waals surface area contributed by atoms with Crippen molar-refractivity contribution in [3.8, 4) is 10.6 Å². The molecule has 36 heavy (non-hydrogen) atoms. The lowest BCUT2D eigenvalue weighted by Gasteiger charge is -2.31. The van der Waals surface area contributed by atoms with Gasteiger partial charge in [-0.05, 0) is 31.4 Å². The summed E-state index contributed by atoms with van der Waals surface area (Å²) in [7, 11) is 0. The van der Waals surface area contributed by atoms with Gasteiger partial charge in [0.15, 0.2) is 0 Å². The summed E-state index contributed by atoms with van der Waals surface area (Å²) >= 11 is 8.18. The van der Waals surface area contributed by atoms with Crippen molar-refractivity contribution < 1.29 is 20.1 Å². The summed E-state index contributed by atoms with van der Waals surface area (Å²) in [4.78, 5) is 27.4. The van der Waals surface area contributed by atoms with E-state index in [1.807, 2.05) is 29.2 Å². The average molecular weight is 533 g/mol. The van der Waals surface area contributed by atoms with Gasteiger partial charge in [0.2, 0.25) is 11.9 Å². The SMILES string of the molecule is CC(=O)N1CCC(Nc2nc(Cl)c(-c3nc4ccccc4s3)c(N[C@@H]3C[C@H](CO)[C@@H](O)[C@H]3O)n2)CC1. The van der Waals surface area contributed by atoms with Crippen molar-refractivity contribution in [3.05, 3.63) is 29.4 Å². The van der Waals surface area contributed by atoms with E-state index in [1.54, 1.807) is 6.92 Å². The Bertz CT molecular complexity index is 1220. The molecule has 1 aliphatic heterocycles. The van der Waals surface area contributed by atoms with Crippen LogP contribution in [0.25, 0.3) is 20.8 Å². The molecule has 4 atom stereocenters. The summed E-state index contributed by atoms with van der Waals surface area (Å²) < 4.78 is 0.991. The lowest BCUT2D eigenvalue weighted by Crippen LogP contribution is -2.41. The number of hydrogen-bond donors (Lipinski definition) is 5.